The highest BCUT2D eigenvalue weighted by Crippen LogP contribution is 2.30. The Hall–Kier alpha value is -0.870. The van der Waals surface area contributed by atoms with Gasteiger partial charge in [0.1, 0.15) is 10.7 Å². The van der Waals surface area contributed by atoms with Crippen LogP contribution in [0.3, 0.4) is 0 Å². The van der Waals surface area contributed by atoms with Gasteiger partial charge in [0, 0.05) is 6.61 Å². The van der Waals surface area contributed by atoms with Crippen molar-refractivity contribution in [2.45, 2.75) is 31.1 Å². The standard InChI is InChI=1S/C12H16O3S/c13-16(14)9-10-5-1-2-6-11(10)12-7-3-4-8-15-12/h1-2,5-6,12,16H,3-4,7-9H2. The minimum Gasteiger partial charge on any atom is -0.374 e. The Morgan fingerprint density at radius 2 is 2.06 bits per heavy atom. The second kappa shape index (κ2) is 5.46. The van der Waals surface area contributed by atoms with Crippen molar-refractivity contribution >= 4 is 10.7 Å². The normalized spacial score (nSPS) is 21.2. The first kappa shape index (κ1) is 11.6. The molecule has 1 atom stereocenters. The quantitative estimate of drug-likeness (QED) is 0.822. The highest BCUT2D eigenvalue weighted by Gasteiger charge is 2.18. The van der Waals surface area contributed by atoms with Gasteiger partial charge < -0.3 is 4.74 Å². The Morgan fingerprint density at radius 1 is 1.25 bits per heavy atom. The Kier molecular flexibility index (Phi) is 3.96. The van der Waals surface area contributed by atoms with Crippen LogP contribution in [-0.4, -0.2) is 15.0 Å². The van der Waals surface area contributed by atoms with E-state index in [1.54, 1.807) is 0 Å². The Morgan fingerprint density at radius 3 is 2.75 bits per heavy atom. The van der Waals surface area contributed by atoms with Crippen LogP contribution in [-0.2, 0) is 21.2 Å². The van der Waals surface area contributed by atoms with Crippen LogP contribution in [0.1, 0.15) is 36.5 Å². The van der Waals surface area contributed by atoms with E-state index < -0.39 is 10.7 Å². The molecule has 0 spiro atoms. The van der Waals surface area contributed by atoms with Crippen molar-refractivity contribution in [3.63, 3.8) is 0 Å². The van der Waals surface area contributed by atoms with Crippen LogP contribution in [0.5, 0.6) is 0 Å². The van der Waals surface area contributed by atoms with Crippen LogP contribution < -0.4 is 0 Å². The van der Waals surface area contributed by atoms with Crippen molar-refractivity contribution in [2.24, 2.45) is 0 Å². The summed E-state index contributed by atoms with van der Waals surface area (Å²) in [6.07, 6.45) is 3.34. The molecule has 0 aliphatic carbocycles. The number of hydrogen-bond donors (Lipinski definition) is 1. The van der Waals surface area contributed by atoms with E-state index in [0.29, 0.717) is 0 Å². The summed E-state index contributed by atoms with van der Waals surface area (Å²) in [6, 6.07) is 7.66. The molecular weight excluding hydrogens is 224 g/mol. The molecule has 1 saturated heterocycles. The van der Waals surface area contributed by atoms with Crippen molar-refractivity contribution in [1.29, 1.82) is 0 Å². The van der Waals surface area contributed by atoms with Crippen molar-refractivity contribution in [3.05, 3.63) is 35.4 Å². The van der Waals surface area contributed by atoms with Crippen molar-refractivity contribution in [3.8, 4) is 0 Å². The number of rotatable bonds is 3. The van der Waals surface area contributed by atoms with E-state index in [2.05, 4.69) is 0 Å². The van der Waals surface area contributed by atoms with Crippen LogP contribution in [0.2, 0.25) is 0 Å². The molecule has 16 heavy (non-hydrogen) atoms. The van der Waals surface area contributed by atoms with E-state index in [0.717, 1.165) is 37.0 Å². The fourth-order valence-corrected chi connectivity index (χ4v) is 2.68. The molecule has 1 aromatic carbocycles. The molecule has 1 fully saturated rings. The van der Waals surface area contributed by atoms with Gasteiger partial charge in [-0.1, -0.05) is 24.3 Å². The molecule has 1 aliphatic heterocycles. The fraction of sp³-hybridized carbons (Fsp3) is 0.500. The first-order valence-electron chi connectivity index (χ1n) is 5.58. The highest BCUT2D eigenvalue weighted by atomic mass is 32.2. The lowest BCUT2D eigenvalue weighted by molar-refractivity contribution is 0.0145. The third-order valence-electron chi connectivity index (χ3n) is 2.88. The minimum absolute atomic E-state index is 0.0832. The second-order valence-electron chi connectivity index (χ2n) is 4.04. The van der Waals surface area contributed by atoms with E-state index >= 15 is 0 Å². The van der Waals surface area contributed by atoms with Gasteiger partial charge in [0.25, 0.3) is 0 Å². The minimum atomic E-state index is -2.37. The van der Waals surface area contributed by atoms with E-state index in [-0.39, 0.29) is 11.9 Å². The molecule has 1 heterocycles. The molecule has 4 heteroatoms. The Balaban J connectivity index is 2.24. The van der Waals surface area contributed by atoms with Gasteiger partial charge in [0.15, 0.2) is 0 Å². The zero-order valence-corrected chi connectivity index (χ0v) is 9.99. The SMILES string of the molecule is O=[SH](=O)Cc1ccccc1C1CCCCO1. The largest absolute Gasteiger partial charge is 0.374 e. The zero-order valence-electron chi connectivity index (χ0n) is 9.09. The molecule has 0 aromatic heterocycles. The molecular formula is C12H16O3S. The molecule has 88 valence electrons. The molecule has 1 unspecified atom stereocenters. The van der Waals surface area contributed by atoms with E-state index in [9.17, 15) is 8.42 Å². The average Bonchev–Trinajstić information content (AvgIpc) is 2.30. The topological polar surface area (TPSA) is 43.4 Å². The lowest BCUT2D eigenvalue weighted by Crippen LogP contribution is -2.13. The molecule has 0 bridgehead atoms. The number of hydrogen-bond acceptors (Lipinski definition) is 3. The summed E-state index contributed by atoms with van der Waals surface area (Å²) in [5, 5.41) is 0. The maximum absolute atomic E-state index is 10.8. The van der Waals surface area contributed by atoms with Gasteiger partial charge in [-0.25, -0.2) is 8.42 Å². The van der Waals surface area contributed by atoms with Gasteiger partial charge in [-0.2, -0.15) is 0 Å². The summed E-state index contributed by atoms with van der Waals surface area (Å²) in [7, 11) is -2.37. The molecule has 0 saturated carbocycles. The van der Waals surface area contributed by atoms with Crippen LogP contribution in [0.4, 0.5) is 0 Å². The summed E-state index contributed by atoms with van der Waals surface area (Å²) in [6.45, 7) is 0.780. The average molecular weight is 240 g/mol. The lowest BCUT2D eigenvalue weighted by atomic mass is 9.97. The molecule has 1 aromatic rings. The number of thiol groups is 1. The van der Waals surface area contributed by atoms with Crippen LogP contribution in [0, 0.1) is 0 Å². The molecule has 3 nitrogen and oxygen atoms in total. The first-order chi connectivity index (χ1) is 7.77. The summed E-state index contributed by atoms with van der Waals surface area (Å²) >= 11 is 0. The van der Waals surface area contributed by atoms with Crippen molar-refractivity contribution in [2.75, 3.05) is 6.61 Å². The van der Waals surface area contributed by atoms with Crippen molar-refractivity contribution < 1.29 is 13.2 Å². The fourth-order valence-electron chi connectivity index (χ4n) is 2.12. The van der Waals surface area contributed by atoms with Crippen LogP contribution in [0.25, 0.3) is 0 Å². The van der Waals surface area contributed by atoms with Gasteiger partial charge >= 0.3 is 0 Å². The van der Waals surface area contributed by atoms with Crippen LogP contribution in [0.15, 0.2) is 24.3 Å². The van der Waals surface area contributed by atoms with Crippen LogP contribution >= 0.6 is 0 Å². The highest BCUT2D eigenvalue weighted by molar-refractivity contribution is 7.71. The Labute approximate surface area is 97.4 Å². The van der Waals surface area contributed by atoms with E-state index in [4.69, 9.17) is 4.74 Å². The zero-order chi connectivity index (χ0) is 11.4. The summed E-state index contributed by atoms with van der Waals surface area (Å²) in [4.78, 5) is 0. The molecule has 0 N–H and O–H groups in total. The first-order valence-corrected chi connectivity index (χ1v) is 6.95. The predicted molar refractivity (Wildman–Crippen MR) is 63.0 cm³/mol. The summed E-state index contributed by atoms with van der Waals surface area (Å²) < 4.78 is 27.3. The molecule has 2 rings (SSSR count). The Bertz CT molecular complexity index is 412. The number of ether oxygens (including phenoxy) is 1. The third kappa shape index (κ3) is 2.83. The lowest BCUT2D eigenvalue weighted by Gasteiger charge is -2.24. The van der Waals surface area contributed by atoms with E-state index in [1.807, 2.05) is 24.3 Å². The molecule has 0 amide bonds. The number of benzene rings is 1. The smallest absolute Gasteiger partial charge is 0.144 e. The molecule has 1 aliphatic rings. The van der Waals surface area contributed by atoms with Crippen molar-refractivity contribution in [1.82, 2.24) is 0 Å². The third-order valence-corrected chi connectivity index (χ3v) is 3.48. The maximum atomic E-state index is 10.8. The van der Waals surface area contributed by atoms with Gasteiger partial charge in [0.05, 0.1) is 11.9 Å². The van der Waals surface area contributed by atoms with Gasteiger partial charge in [-0.15, -0.1) is 0 Å². The molecule has 0 radical (unpaired) electrons. The van der Waals surface area contributed by atoms with Gasteiger partial charge in [0.2, 0.25) is 0 Å². The predicted octanol–water partition coefficient (Wildman–Crippen LogP) is 2.04. The van der Waals surface area contributed by atoms with Gasteiger partial charge in [-0.05, 0) is 30.4 Å². The van der Waals surface area contributed by atoms with Gasteiger partial charge in [-0.3, -0.25) is 0 Å². The second-order valence-corrected chi connectivity index (χ2v) is 5.03. The monoisotopic (exact) mass is 240 g/mol. The summed E-state index contributed by atoms with van der Waals surface area (Å²) in [5.41, 5.74) is 1.92. The summed E-state index contributed by atoms with van der Waals surface area (Å²) in [5.74, 6) is 0.116. The maximum Gasteiger partial charge on any atom is 0.144 e. The van der Waals surface area contributed by atoms with E-state index in [1.165, 1.54) is 0 Å².